The summed E-state index contributed by atoms with van der Waals surface area (Å²) >= 11 is 1.72. The number of aromatic nitrogens is 1. The van der Waals surface area contributed by atoms with Crippen LogP contribution in [0.1, 0.15) is 37.0 Å². The molecule has 0 bridgehead atoms. The first-order chi connectivity index (χ1) is 9.74. The third-order valence-corrected chi connectivity index (χ3v) is 5.46. The van der Waals surface area contributed by atoms with Crippen molar-refractivity contribution in [2.45, 2.75) is 44.7 Å². The Kier molecular flexibility index (Phi) is 4.36. The Morgan fingerprint density at radius 3 is 2.95 bits per heavy atom. The molecule has 0 aromatic carbocycles. The number of rotatable bonds is 4. The molecule has 2 aliphatic rings. The van der Waals surface area contributed by atoms with Crippen molar-refractivity contribution < 1.29 is 4.79 Å². The van der Waals surface area contributed by atoms with Crippen molar-refractivity contribution in [2.75, 3.05) is 20.1 Å². The second kappa shape index (κ2) is 6.22. The molecule has 20 heavy (non-hydrogen) atoms. The molecule has 2 fully saturated rings. The third kappa shape index (κ3) is 3.04. The highest BCUT2D eigenvalue weighted by Crippen LogP contribution is 2.29. The number of piperidine rings is 1. The van der Waals surface area contributed by atoms with Crippen LogP contribution in [0, 0.1) is 5.92 Å². The molecule has 0 N–H and O–H groups in total. The Morgan fingerprint density at radius 2 is 2.30 bits per heavy atom. The molecule has 1 aromatic heterocycles. The Bertz CT molecular complexity index is 444. The molecule has 1 aliphatic carbocycles. The van der Waals surface area contributed by atoms with E-state index in [9.17, 15) is 4.79 Å². The van der Waals surface area contributed by atoms with Crippen LogP contribution in [0.4, 0.5) is 0 Å². The number of hydrogen-bond donors (Lipinski definition) is 0. The van der Waals surface area contributed by atoms with Gasteiger partial charge in [-0.15, -0.1) is 11.3 Å². The zero-order chi connectivity index (χ0) is 13.9. The highest BCUT2D eigenvalue weighted by Gasteiger charge is 2.32. The fourth-order valence-corrected chi connectivity index (χ4v) is 3.79. The predicted octanol–water partition coefficient (Wildman–Crippen LogP) is 2.37. The van der Waals surface area contributed by atoms with Crippen molar-refractivity contribution in [3.05, 3.63) is 16.6 Å². The van der Waals surface area contributed by atoms with Crippen molar-refractivity contribution in [2.24, 2.45) is 5.92 Å². The van der Waals surface area contributed by atoms with E-state index in [-0.39, 0.29) is 0 Å². The van der Waals surface area contributed by atoms with Gasteiger partial charge in [0.15, 0.2) is 0 Å². The second-order valence-corrected chi connectivity index (χ2v) is 7.05. The fourth-order valence-electron chi connectivity index (χ4n) is 3.15. The quantitative estimate of drug-likeness (QED) is 0.855. The summed E-state index contributed by atoms with van der Waals surface area (Å²) in [5.74, 6) is 0.692. The molecule has 1 atom stereocenters. The first-order valence-electron chi connectivity index (χ1n) is 7.60. The molecule has 1 amide bonds. The molecule has 110 valence electrons. The van der Waals surface area contributed by atoms with Crippen LogP contribution < -0.4 is 0 Å². The van der Waals surface area contributed by atoms with Crippen LogP contribution >= 0.6 is 11.3 Å². The van der Waals surface area contributed by atoms with Gasteiger partial charge in [0, 0.05) is 43.2 Å². The Labute approximate surface area is 124 Å². The van der Waals surface area contributed by atoms with E-state index in [0.717, 1.165) is 38.9 Å². The van der Waals surface area contributed by atoms with E-state index in [1.807, 2.05) is 23.7 Å². The van der Waals surface area contributed by atoms with Crippen molar-refractivity contribution in [3.63, 3.8) is 0 Å². The van der Waals surface area contributed by atoms with E-state index in [0.29, 0.717) is 17.9 Å². The zero-order valence-corrected chi connectivity index (χ0v) is 12.9. The van der Waals surface area contributed by atoms with E-state index in [4.69, 9.17) is 0 Å². The molecule has 1 saturated heterocycles. The third-order valence-electron chi connectivity index (χ3n) is 4.69. The van der Waals surface area contributed by atoms with Gasteiger partial charge in [0.2, 0.25) is 5.91 Å². The second-order valence-electron chi connectivity index (χ2n) is 6.08. The lowest BCUT2D eigenvalue weighted by Crippen LogP contribution is -2.50. The largest absolute Gasteiger partial charge is 0.341 e. The normalized spacial score (nSPS) is 24.4. The molecule has 4 nitrogen and oxygen atoms in total. The minimum absolute atomic E-state index is 0.317. The van der Waals surface area contributed by atoms with Crippen molar-refractivity contribution in [1.29, 1.82) is 0 Å². The first kappa shape index (κ1) is 14.0. The summed E-state index contributed by atoms with van der Waals surface area (Å²) in [6, 6.07) is 0.393. The number of amides is 1. The summed E-state index contributed by atoms with van der Waals surface area (Å²) in [6.07, 6.45) is 7.71. The molecule has 1 aromatic rings. The van der Waals surface area contributed by atoms with E-state index < -0.39 is 0 Å². The lowest BCUT2D eigenvalue weighted by molar-refractivity contribution is -0.140. The minimum atomic E-state index is 0.317. The van der Waals surface area contributed by atoms with Crippen molar-refractivity contribution >= 4 is 17.2 Å². The Morgan fingerprint density at radius 1 is 1.45 bits per heavy atom. The van der Waals surface area contributed by atoms with E-state index in [1.54, 1.807) is 11.3 Å². The first-order valence-corrected chi connectivity index (χ1v) is 8.48. The lowest BCUT2D eigenvalue weighted by atomic mass is 9.84. The van der Waals surface area contributed by atoms with Crippen LogP contribution in [0.5, 0.6) is 0 Å². The van der Waals surface area contributed by atoms with Gasteiger partial charge in [-0.1, -0.05) is 6.42 Å². The number of carbonyl (C=O) groups excluding carboxylic acids is 1. The number of likely N-dealkylation sites (tertiary alicyclic amines) is 1. The van der Waals surface area contributed by atoms with Crippen LogP contribution in [0.15, 0.2) is 11.7 Å². The predicted molar refractivity (Wildman–Crippen MR) is 80.5 cm³/mol. The number of nitrogens with zero attached hydrogens (tertiary/aromatic N) is 3. The number of likely N-dealkylation sites (N-methyl/N-ethyl adjacent to an activating group) is 1. The Balaban J connectivity index is 1.55. The molecule has 2 heterocycles. The molecular weight excluding hydrogens is 270 g/mol. The highest BCUT2D eigenvalue weighted by molar-refractivity contribution is 7.09. The molecule has 3 rings (SSSR count). The average Bonchev–Trinajstić information content (AvgIpc) is 2.89. The van der Waals surface area contributed by atoms with Gasteiger partial charge in [0.05, 0.1) is 5.51 Å². The minimum Gasteiger partial charge on any atom is -0.341 e. The standard InChI is InChI=1S/C15H23N3OS/c1-17(15(19)12-4-2-5-12)13-6-3-7-18(9-13)10-14-8-16-11-20-14/h8,11-13H,2-7,9-10H2,1H3. The van der Waals surface area contributed by atoms with Gasteiger partial charge in [-0.05, 0) is 32.2 Å². The van der Waals surface area contributed by atoms with Crippen LogP contribution in [0.3, 0.4) is 0 Å². The maximum Gasteiger partial charge on any atom is 0.225 e. The van der Waals surface area contributed by atoms with Gasteiger partial charge in [0.25, 0.3) is 0 Å². The number of hydrogen-bond acceptors (Lipinski definition) is 4. The maximum absolute atomic E-state index is 12.3. The molecule has 5 heteroatoms. The van der Waals surface area contributed by atoms with Gasteiger partial charge in [0.1, 0.15) is 0 Å². The summed E-state index contributed by atoms with van der Waals surface area (Å²) in [6.45, 7) is 3.12. The number of carbonyl (C=O) groups is 1. The molecule has 0 spiro atoms. The Hall–Kier alpha value is -0.940. The SMILES string of the molecule is CN(C(=O)C1CCC1)C1CCCN(Cc2cncs2)C1. The average molecular weight is 293 g/mol. The smallest absolute Gasteiger partial charge is 0.225 e. The van der Waals surface area contributed by atoms with Gasteiger partial charge in [-0.2, -0.15) is 0 Å². The molecule has 1 aliphatic heterocycles. The van der Waals surface area contributed by atoms with Gasteiger partial charge < -0.3 is 4.90 Å². The van der Waals surface area contributed by atoms with Gasteiger partial charge in [-0.25, -0.2) is 0 Å². The maximum atomic E-state index is 12.3. The van der Waals surface area contributed by atoms with Crippen molar-refractivity contribution in [1.82, 2.24) is 14.8 Å². The molecule has 0 radical (unpaired) electrons. The van der Waals surface area contributed by atoms with Crippen LogP contribution in [-0.4, -0.2) is 46.9 Å². The van der Waals surface area contributed by atoms with Gasteiger partial charge in [-0.3, -0.25) is 14.7 Å². The summed E-state index contributed by atoms with van der Waals surface area (Å²) < 4.78 is 0. The summed E-state index contributed by atoms with van der Waals surface area (Å²) in [5, 5.41) is 0. The zero-order valence-electron chi connectivity index (χ0n) is 12.1. The summed E-state index contributed by atoms with van der Waals surface area (Å²) in [4.78, 5) is 22.3. The monoisotopic (exact) mass is 293 g/mol. The summed E-state index contributed by atoms with van der Waals surface area (Å²) in [7, 11) is 2.00. The van der Waals surface area contributed by atoms with Crippen molar-refractivity contribution in [3.8, 4) is 0 Å². The van der Waals surface area contributed by atoms with E-state index in [1.165, 1.54) is 17.7 Å². The molecular formula is C15H23N3OS. The molecule has 1 saturated carbocycles. The summed E-state index contributed by atoms with van der Waals surface area (Å²) in [5.41, 5.74) is 1.89. The highest BCUT2D eigenvalue weighted by atomic mass is 32.1. The lowest BCUT2D eigenvalue weighted by Gasteiger charge is -2.40. The van der Waals surface area contributed by atoms with Crippen LogP contribution in [0.2, 0.25) is 0 Å². The molecule has 1 unspecified atom stereocenters. The topological polar surface area (TPSA) is 36.4 Å². The fraction of sp³-hybridized carbons (Fsp3) is 0.733. The van der Waals surface area contributed by atoms with Crippen LogP contribution in [0.25, 0.3) is 0 Å². The van der Waals surface area contributed by atoms with E-state index >= 15 is 0 Å². The number of thiazole rings is 1. The van der Waals surface area contributed by atoms with Gasteiger partial charge >= 0.3 is 0 Å². The van der Waals surface area contributed by atoms with E-state index in [2.05, 4.69) is 9.88 Å². The van der Waals surface area contributed by atoms with Crippen LogP contribution in [-0.2, 0) is 11.3 Å².